The number of hydrogen-bond acceptors (Lipinski definition) is 9. The van der Waals surface area contributed by atoms with E-state index in [1.54, 1.807) is 18.2 Å². The predicted octanol–water partition coefficient (Wildman–Crippen LogP) is 5.50. The van der Waals surface area contributed by atoms with Crippen molar-refractivity contribution in [1.82, 2.24) is 4.98 Å². The van der Waals surface area contributed by atoms with E-state index in [0.29, 0.717) is 34.8 Å². The van der Waals surface area contributed by atoms with Crippen LogP contribution >= 0.6 is 22.9 Å². The molecule has 1 unspecified atom stereocenters. The van der Waals surface area contributed by atoms with E-state index in [1.165, 1.54) is 42.5 Å². The topological polar surface area (TPSA) is 148 Å². The number of anilines is 1. The molecule has 13 heteroatoms. The van der Waals surface area contributed by atoms with E-state index in [1.807, 2.05) is 6.92 Å². The minimum atomic E-state index is -3.99. The fraction of sp³-hybridized carbons (Fsp3) is 0.148. The molecule has 1 N–H and O–H groups in total. The van der Waals surface area contributed by atoms with Crippen LogP contribution in [0.25, 0.3) is 0 Å². The minimum Gasteiger partial charge on any atom is -0.507 e. The number of thiazole rings is 1. The molecule has 10 nitrogen and oxygen atoms in total. The molecule has 3 aromatic rings. The van der Waals surface area contributed by atoms with Gasteiger partial charge in [-0.1, -0.05) is 58.8 Å². The second kappa shape index (κ2) is 10.5. The molecule has 1 aliphatic heterocycles. The number of hydrogen-bond donors (Lipinski definition) is 1. The van der Waals surface area contributed by atoms with Gasteiger partial charge in [-0.15, -0.1) is 0 Å². The number of nitro groups is 1. The van der Waals surface area contributed by atoms with Gasteiger partial charge >= 0.3 is 5.91 Å². The molecule has 2 aromatic carbocycles. The third-order valence-electron chi connectivity index (χ3n) is 6.52. The van der Waals surface area contributed by atoms with Gasteiger partial charge in [0.1, 0.15) is 9.97 Å². The SMILES string of the molecule is Cc1ccc(S(=O)(=O)c2cnc(N3C(=O)C(=O)C(=C(O)C4=CC=C(Cl)CC4)C3c3cccc([N+](=O)[O-])c3)s2)cc1. The molecule has 1 saturated heterocycles. The molecule has 0 radical (unpaired) electrons. The zero-order chi connectivity index (χ0) is 28.8. The van der Waals surface area contributed by atoms with Gasteiger partial charge in [-0.3, -0.25) is 24.6 Å². The van der Waals surface area contributed by atoms with Crippen molar-refractivity contribution in [3.05, 3.63) is 110 Å². The minimum absolute atomic E-state index is 0.0292. The highest BCUT2D eigenvalue weighted by Gasteiger charge is 2.49. The number of sulfone groups is 1. The van der Waals surface area contributed by atoms with Crippen molar-refractivity contribution in [1.29, 1.82) is 0 Å². The fourth-order valence-electron chi connectivity index (χ4n) is 4.46. The lowest BCUT2D eigenvalue weighted by atomic mass is 9.92. The van der Waals surface area contributed by atoms with Crippen molar-refractivity contribution in [3.63, 3.8) is 0 Å². The number of allylic oxidation sites excluding steroid dienone is 4. The second-order valence-electron chi connectivity index (χ2n) is 9.10. The number of rotatable bonds is 6. The van der Waals surface area contributed by atoms with Crippen LogP contribution in [0.5, 0.6) is 0 Å². The van der Waals surface area contributed by atoms with Crippen molar-refractivity contribution in [2.75, 3.05) is 4.90 Å². The van der Waals surface area contributed by atoms with E-state index in [0.717, 1.165) is 16.7 Å². The number of carbonyl (C=O) groups is 2. The fourth-order valence-corrected chi connectivity index (χ4v) is 7.16. The maximum absolute atomic E-state index is 13.4. The summed E-state index contributed by atoms with van der Waals surface area (Å²) in [6, 6.07) is 10.2. The largest absolute Gasteiger partial charge is 0.507 e. The van der Waals surface area contributed by atoms with Crippen molar-refractivity contribution < 1.29 is 28.0 Å². The maximum Gasteiger partial charge on any atom is 0.301 e. The van der Waals surface area contributed by atoms with Crippen LogP contribution in [0.2, 0.25) is 0 Å². The molecule has 5 rings (SSSR count). The third kappa shape index (κ3) is 4.85. The molecule has 1 atom stereocenters. The molecule has 1 amide bonds. The summed E-state index contributed by atoms with van der Waals surface area (Å²) in [5.74, 6) is -2.53. The maximum atomic E-state index is 13.4. The van der Waals surface area contributed by atoms with Crippen LogP contribution < -0.4 is 4.90 Å². The molecular formula is C27H20ClN3O7S2. The zero-order valence-corrected chi connectivity index (χ0v) is 23.2. The van der Waals surface area contributed by atoms with Crippen molar-refractivity contribution in [2.24, 2.45) is 0 Å². The highest BCUT2D eigenvalue weighted by atomic mass is 35.5. The summed E-state index contributed by atoms with van der Waals surface area (Å²) in [5.41, 5.74) is 0.810. The molecule has 2 aliphatic rings. The van der Waals surface area contributed by atoms with E-state index < -0.39 is 38.3 Å². The van der Waals surface area contributed by atoms with Gasteiger partial charge in [-0.25, -0.2) is 13.4 Å². The number of carbonyl (C=O) groups excluding carboxylic acids is 2. The van der Waals surface area contributed by atoms with Crippen molar-refractivity contribution >= 4 is 55.3 Å². The molecule has 1 aromatic heterocycles. The Hall–Kier alpha value is -4.13. The van der Waals surface area contributed by atoms with Crippen LogP contribution in [0.4, 0.5) is 10.8 Å². The Labute approximate surface area is 237 Å². The van der Waals surface area contributed by atoms with E-state index in [9.17, 15) is 33.2 Å². The van der Waals surface area contributed by atoms with Gasteiger partial charge in [0, 0.05) is 17.2 Å². The molecule has 204 valence electrons. The smallest absolute Gasteiger partial charge is 0.301 e. The second-order valence-corrected chi connectivity index (χ2v) is 12.8. The first-order chi connectivity index (χ1) is 19.0. The molecule has 1 fully saturated rings. The summed E-state index contributed by atoms with van der Waals surface area (Å²) in [6.45, 7) is 1.82. The van der Waals surface area contributed by atoms with Gasteiger partial charge in [0.25, 0.3) is 11.5 Å². The van der Waals surface area contributed by atoms with Gasteiger partial charge in [-0.2, -0.15) is 0 Å². The number of aliphatic hydroxyl groups is 1. The summed E-state index contributed by atoms with van der Waals surface area (Å²) >= 11 is 6.71. The molecular weight excluding hydrogens is 578 g/mol. The van der Waals surface area contributed by atoms with Gasteiger partial charge < -0.3 is 5.11 Å². The summed E-state index contributed by atoms with van der Waals surface area (Å²) in [4.78, 5) is 42.8. The van der Waals surface area contributed by atoms with E-state index in [4.69, 9.17) is 11.6 Å². The highest BCUT2D eigenvalue weighted by molar-refractivity contribution is 7.93. The number of aryl methyl sites for hydroxylation is 1. The first kappa shape index (κ1) is 27.4. The van der Waals surface area contributed by atoms with Gasteiger partial charge in [0.05, 0.1) is 27.6 Å². The lowest BCUT2D eigenvalue weighted by molar-refractivity contribution is -0.384. The number of nitrogens with zero attached hydrogens (tertiary/aromatic N) is 3. The van der Waals surface area contributed by atoms with E-state index in [-0.39, 0.29) is 31.1 Å². The summed E-state index contributed by atoms with van der Waals surface area (Å²) in [5, 5.41) is 23.2. The first-order valence-electron chi connectivity index (χ1n) is 11.9. The summed E-state index contributed by atoms with van der Waals surface area (Å²) in [6.07, 6.45) is 4.90. The average molecular weight is 598 g/mol. The number of aromatic nitrogens is 1. The predicted molar refractivity (Wildman–Crippen MR) is 148 cm³/mol. The molecule has 0 bridgehead atoms. The van der Waals surface area contributed by atoms with E-state index in [2.05, 4.69) is 4.98 Å². The quantitative estimate of drug-likeness (QED) is 0.129. The molecule has 0 saturated carbocycles. The number of non-ortho nitro benzene ring substituents is 1. The average Bonchev–Trinajstić information content (AvgIpc) is 3.52. The Morgan fingerprint density at radius 2 is 1.88 bits per heavy atom. The number of benzene rings is 2. The van der Waals surface area contributed by atoms with Crippen LogP contribution in [0, 0.1) is 17.0 Å². The number of aliphatic hydroxyl groups excluding tert-OH is 1. The third-order valence-corrected chi connectivity index (χ3v) is 10.1. The van der Waals surface area contributed by atoms with Gasteiger partial charge in [0.2, 0.25) is 9.84 Å². The Morgan fingerprint density at radius 3 is 2.52 bits per heavy atom. The van der Waals surface area contributed by atoms with Crippen LogP contribution in [-0.4, -0.2) is 35.1 Å². The highest BCUT2D eigenvalue weighted by Crippen LogP contribution is 2.45. The summed E-state index contributed by atoms with van der Waals surface area (Å²) in [7, 11) is -3.99. The number of ketones is 1. The van der Waals surface area contributed by atoms with Crippen molar-refractivity contribution in [3.8, 4) is 0 Å². The Kier molecular flexibility index (Phi) is 7.17. The van der Waals surface area contributed by atoms with E-state index >= 15 is 0 Å². The normalized spacial score (nSPS) is 18.9. The van der Waals surface area contributed by atoms with Gasteiger partial charge in [-0.05, 0) is 49.1 Å². The van der Waals surface area contributed by atoms with Crippen LogP contribution in [-0.2, 0) is 19.4 Å². The number of amides is 1. The lowest BCUT2D eigenvalue weighted by Crippen LogP contribution is -2.29. The van der Waals surface area contributed by atoms with Gasteiger partial charge in [0.15, 0.2) is 5.13 Å². The monoisotopic (exact) mass is 597 g/mol. The lowest BCUT2D eigenvalue weighted by Gasteiger charge is -2.23. The zero-order valence-electron chi connectivity index (χ0n) is 20.8. The van der Waals surface area contributed by atoms with Crippen LogP contribution in [0.3, 0.4) is 0 Å². The van der Waals surface area contributed by atoms with Crippen LogP contribution in [0.1, 0.15) is 30.0 Å². The molecule has 0 spiro atoms. The molecule has 40 heavy (non-hydrogen) atoms. The standard InChI is InChI=1S/C27H20ClN3O7S2/c1-15-5-11-20(12-6-15)40(37,38)21-14-29-27(39-21)30-23(17-3-2-4-19(13-17)31(35)36)22(25(33)26(30)34)24(32)16-7-9-18(28)10-8-16/h2-7,9,11-14,23,32H,8,10H2,1H3. The molecule has 1 aliphatic carbocycles. The first-order valence-corrected chi connectivity index (χ1v) is 14.6. The number of nitro benzene ring substituents is 1. The Bertz CT molecular complexity index is 1770. The van der Waals surface area contributed by atoms with Crippen molar-refractivity contribution in [2.45, 2.75) is 34.9 Å². The number of Topliss-reactive ketones (excluding diaryl/α,β-unsaturated/α-hetero) is 1. The van der Waals surface area contributed by atoms with Crippen LogP contribution in [0.15, 0.2) is 97.9 Å². The molecule has 2 heterocycles. The summed E-state index contributed by atoms with van der Waals surface area (Å²) < 4.78 is 26.3. The Morgan fingerprint density at radius 1 is 1.15 bits per heavy atom. The Balaban J connectivity index is 1.66. The number of halogens is 1.